The zero-order valence-corrected chi connectivity index (χ0v) is 14.2. The van der Waals surface area contributed by atoms with Gasteiger partial charge in [0.25, 0.3) is 10.0 Å². The minimum atomic E-state index is -3.75. The van der Waals surface area contributed by atoms with Crippen molar-refractivity contribution in [2.75, 3.05) is 10.5 Å². The highest BCUT2D eigenvalue weighted by Crippen LogP contribution is 2.28. The number of aromatic nitrogens is 1. The summed E-state index contributed by atoms with van der Waals surface area (Å²) in [7, 11) is -3.75. The minimum absolute atomic E-state index is 0.0249. The van der Waals surface area contributed by atoms with Gasteiger partial charge in [0.2, 0.25) is 0 Å². The summed E-state index contributed by atoms with van der Waals surface area (Å²) in [6.45, 7) is 5.72. The molecule has 1 aromatic heterocycles. The van der Waals surface area contributed by atoms with Gasteiger partial charge in [-0.2, -0.15) is 0 Å². The van der Waals surface area contributed by atoms with Crippen LogP contribution in [0.1, 0.15) is 31.0 Å². The summed E-state index contributed by atoms with van der Waals surface area (Å²) in [5.41, 5.74) is 7.61. The average Bonchev–Trinajstić information content (AvgIpc) is 2.83. The van der Waals surface area contributed by atoms with Gasteiger partial charge in [-0.15, -0.1) is 11.3 Å². The van der Waals surface area contributed by atoms with Gasteiger partial charge >= 0.3 is 0 Å². The molecule has 8 heteroatoms. The Balaban J connectivity index is 2.33. The second-order valence-electron chi connectivity index (χ2n) is 4.96. The molecule has 3 N–H and O–H groups in total. The molecule has 0 unspecified atom stereocenters. The Bertz CT molecular complexity index is 746. The topological polar surface area (TPSA) is 85.1 Å². The highest BCUT2D eigenvalue weighted by atomic mass is 35.5. The number of thiazole rings is 1. The second-order valence-corrected chi connectivity index (χ2v) is 7.90. The van der Waals surface area contributed by atoms with Gasteiger partial charge in [0.05, 0.1) is 10.6 Å². The summed E-state index contributed by atoms with van der Waals surface area (Å²) in [6.07, 6.45) is 0. The van der Waals surface area contributed by atoms with E-state index in [0.29, 0.717) is 21.4 Å². The number of hydrogen-bond acceptors (Lipinski definition) is 5. The summed E-state index contributed by atoms with van der Waals surface area (Å²) < 4.78 is 27.1. The number of nitrogens with one attached hydrogen (secondary N) is 1. The molecule has 0 aliphatic rings. The predicted molar refractivity (Wildman–Crippen MR) is 87.6 cm³/mol. The average molecular weight is 346 g/mol. The molecule has 0 spiro atoms. The van der Waals surface area contributed by atoms with E-state index >= 15 is 0 Å². The minimum Gasteiger partial charge on any atom is -0.398 e. The number of benzene rings is 1. The van der Waals surface area contributed by atoms with E-state index in [4.69, 9.17) is 17.3 Å². The van der Waals surface area contributed by atoms with E-state index in [-0.39, 0.29) is 10.8 Å². The van der Waals surface area contributed by atoms with E-state index < -0.39 is 10.0 Å². The van der Waals surface area contributed by atoms with Gasteiger partial charge in [0, 0.05) is 16.1 Å². The maximum Gasteiger partial charge on any atom is 0.263 e. The fourth-order valence-corrected chi connectivity index (χ4v) is 4.08. The van der Waals surface area contributed by atoms with Crippen LogP contribution in [0.4, 0.5) is 10.8 Å². The summed E-state index contributed by atoms with van der Waals surface area (Å²) in [5, 5.41) is 2.48. The van der Waals surface area contributed by atoms with Gasteiger partial charge in [-0.1, -0.05) is 25.4 Å². The third-order valence-electron chi connectivity index (χ3n) is 3.00. The van der Waals surface area contributed by atoms with Crippen molar-refractivity contribution >= 4 is 43.8 Å². The third kappa shape index (κ3) is 3.48. The zero-order chi connectivity index (χ0) is 15.8. The van der Waals surface area contributed by atoms with E-state index in [2.05, 4.69) is 9.71 Å². The zero-order valence-electron chi connectivity index (χ0n) is 11.8. The molecular weight excluding hydrogens is 330 g/mol. The number of nitrogens with zero attached hydrogens (tertiary/aromatic N) is 1. The van der Waals surface area contributed by atoms with Crippen molar-refractivity contribution < 1.29 is 8.42 Å². The Kier molecular flexibility index (Phi) is 4.46. The number of halogens is 1. The predicted octanol–water partition coefficient (Wildman–Crippen LogP) is 3.61. The summed E-state index contributed by atoms with van der Waals surface area (Å²) in [4.78, 5) is 4.27. The van der Waals surface area contributed by atoms with Crippen molar-refractivity contribution in [3.05, 3.63) is 33.8 Å². The number of anilines is 2. The van der Waals surface area contributed by atoms with Gasteiger partial charge in [-0.05, 0) is 30.5 Å². The van der Waals surface area contributed by atoms with Crippen molar-refractivity contribution in [1.29, 1.82) is 0 Å². The highest BCUT2D eigenvalue weighted by Gasteiger charge is 2.19. The lowest BCUT2D eigenvalue weighted by Crippen LogP contribution is -2.13. The first-order chi connectivity index (χ1) is 9.70. The molecule has 2 aromatic rings. The van der Waals surface area contributed by atoms with Gasteiger partial charge in [-0.25, -0.2) is 13.4 Å². The van der Waals surface area contributed by atoms with Crippen molar-refractivity contribution in [2.24, 2.45) is 0 Å². The molecule has 2 rings (SSSR count). The third-order valence-corrected chi connectivity index (χ3v) is 5.62. The molecule has 21 heavy (non-hydrogen) atoms. The van der Waals surface area contributed by atoms with Gasteiger partial charge in [-0.3, -0.25) is 4.72 Å². The number of nitrogens with two attached hydrogens (primary N) is 1. The quantitative estimate of drug-likeness (QED) is 0.829. The fourth-order valence-electron chi connectivity index (χ4n) is 1.60. The molecule has 0 saturated carbocycles. The Labute approximate surface area is 133 Å². The molecule has 1 aromatic carbocycles. The molecule has 0 saturated heterocycles. The van der Waals surface area contributed by atoms with Crippen LogP contribution in [0.3, 0.4) is 0 Å². The van der Waals surface area contributed by atoms with Crippen LogP contribution in [0.5, 0.6) is 0 Å². The van der Waals surface area contributed by atoms with E-state index in [1.807, 2.05) is 19.2 Å². The van der Waals surface area contributed by atoms with Crippen LogP contribution in [0, 0.1) is 6.92 Å². The smallest absolute Gasteiger partial charge is 0.263 e. The molecule has 0 aliphatic carbocycles. The molecule has 0 aliphatic heterocycles. The van der Waals surface area contributed by atoms with Crippen LogP contribution in [0.15, 0.2) is 22.4 Å². The largest absolute Gasteiger partial charge is 0.398 e. The summed E-state index contributed by atoms with van der Waals surface area (Å²) >= 11 is 7.23. The van der Waals surface area contributed by atoms with Gasteiger partial charge in [0.15, 0.2) is 5.13 Å². The van der Waals surface area contributed by atoms with Crippen LogP contribution >= 0.6 is 22.9 Å². The van der Waals surface area contributed by atoms with E-state index in [0.717, 1.165) is 5.69 Å². The van der Waals surface area contributed by atoms with Crippen LogP contribution in [-0.2, 0) is 10.0 Å². The Hall–Kier alpha value is -1.31. The Morgan fingerprint density at radius 1 is 1.38 bits per heavy atom. The van der Waals surface area contributed by atoms with Crippen LogP contribution < -0.4 is 10.5 Å². The normalized spacial score (nSPS) is 11.9. The summed E-state index contributed by atoms with van der Waals surface area (Å²) in [6, 6.07) is 2.77. The lowest BCUT2D eigenvalue weighted by atomic mass is 10.2. The van der Waals surface area contributed by atoms with Crippen molar-refractivity contribution in [2.45, 2.75) is 31.6 Å². The number of rotatable bonds is 4. The Morgan fingerprint density at radius 3 is 2.57 bits per heavy atom. The van der Waals surface area contributed by atoms with Crippen LogP contribution in [-0.4, -0.2) is 13.4 Å². The molecule has 114 valence electrons. The molecule has 0 bridgehead atoms. The first-order valence-corrected chi connectivity index (χ1v) is 8.98. The highest BCUT2D eigenvalue weighted by molar-refractivity contribution is 7.93. The Morgan fingerprint density at radius 2 is 2.05 bits per heavy atom. The van der Waals surface area contributed by atoms with E-state index in [1.54, 1.807) is 6.92 Å². The fraction of sp³-hybridized carbons (Fsp3) is 0.308. The maximum absolute atomic E-state index is 12.3. The second kappa shape index (κ2) is 5.82. The molecule has 0 fully saturated rings. The molecule has 1 heterocycles. The lowest BCUT2D eigenvalue weighted by molar-refractivity contribution is 0.601. The molecular formula is C13H16ClN3O2S2. The van der Waals surface area contributed by atoms with E-state index in [1.165, 1.54) is 23.5 Å². The summed E-state index contributed by atoms with van der Waals surface area (Å²) in [5.74, 6) is 0.240. The van der Waals surface area contributed by atoms with E-state index in [9.17, 15) is 8.42 Å². The van der Waals surface area contributed by atoms with Crippen molar-refractivity contribution in [3.8, 4) is 0 Å². The number of hydrogen-bond donors (Lipinski definition) is 2. The van der Waals surface area contributed by atoms with Gasteiger partial charge in [0.1, 0.15) is 0 Å². The standard InChI is InChI=1S/C13H16ClN3O2S2/c1-7(2)12-6-20-13(16-12)17-21(18,19)9-4-10(14)8(3)11(15)5-9/h4-7H,15H2,1-3H3,(H,16,17). The van der Waals surface area contributed by atoms with Crippen LogP contribution in [0.2, 0.25) is 5.02 Å². The van der Waals surface area contributed by atoms with Gasteiger partial charge < -0.3 is 5.73 Å². The first-order valence-electron chi connectivity index (χ1n) is 6.24. The van der Waals surface area contributed by atoms with Crippen LogP contribution in [0.25, 0.3) is 0 Å². The number of sulfonamides is 1. The SMILES string of the molecule is Cc1c(N)cc(S(=O)(=O)Nc2nc(C(C)C)cs2)cc1Cl. The van der Waals surface area contributed by atoms with Crippen molar-refractivity contribution in [1.82, 2.24) is 4.98 Å². The molecule has 5 nitrogen and oxygen atoms in total. The molecule has 0 amide bonds. The monoisotopic (exact) mass is 345 g/mol. The molecule has 0 atom stereocenters. The maximum atomic E-state index is 12.3. The first kappa shape index (κ1) is 16.1. The van der Waals surface area contributed by atoms with Crippen molar-refractivity contribution in [3.63, 3.8) is 0 Å². The lowest BCUT2D eigenvalue weighted by Gasteiger charge is -2.09. The molecule has 0 radical (unpaired) electrons. The number of nitrogen functional groups attached to an aromatic ring is 1.